The van der Waals surface area contributed by atoms with Gasteiger partial charge in [0.15, 0.2) is 11.4 Å². The standard InChI is InChI=1S/2C21H24N2O2.H2O4S/c2*1-21(2)16-8-6-7-9-18(16)23(3)20(21)12-13-22-17-11-10-15(24-4)14-19(17)25-5;1-5(2,3)4/h2*6-14H,1-5H3;(H2,1,2,3,4). The molecule has 0 saturated heterocycles. The predicted octanol–water partition coefficient (Wildman–Crippen LogP) is 7.33. The van der Waals surface area contributed by atoms with Crippen molar-refractivity contribution < 1.29 is 45.6 Å². The lowest BCUT2D eigenvalue weighted by molar-refractivity contribution is -0.401. The van der Waals surface area contributed by atoms with Crippen LogP contribution in [0.3, 0.4) is 0 Å². The first kappa shape index (κ1) is 42.1. The molecular weight excluding hydrogens is 721 g/mol. The van der Waals surface area contributed by atoms with Crippen LogP contribution in [0.5, 0.6) is 23.0 Å². The van der Waals surface area contributed by atoms with Crippen molar-refractivity contribution in [2.45, 2.75) is 38.5 Å². The van der Waals surface area contributed by atoms with Crippen LogP contribution in [0.4, 0.5) is 22.7 Å². The van der Waals surface area contributed by atoms with E-state index in [1.807, 2.05) is 48.8 Å². The van der Waals surface area contributed by atoms with Crippen molar-refractivity contribution in [2.75, 3.05) is 53.2 Å². The summed E-state index contributed by atoms with van der Waals surface area (Å²) in [6.07, 6.45) is 8.18. The van der Waals surface area contributed by atoms with E-state index in [2.05, 4.69) is 122 Å². The second-order valence-electron chi connectivity index (χ2n) is 13.7. The maximum Gasteiger partial charge on any atom is 0.209 e. The smallest absolute Gasteiger partial charge is 0.209 e. The highest BCUT2D eigenvalue weighted by Crippen LogP contribution is 2.40. The summed E-state index contributed by atoms with van der Waals surface area (Å²) in [5.41, 5.74) is 9.43. The Kier molecular flexibility index (Phi) is 13.5. The third kappa shape index (κ3) is 9.92. The van der Waals surface area contributed by atoms with Crippen LogP contribution in [0.25, 0.3) is 0 Å². The summed E-state index contributed by atoms with van der Waals surface area (Å²) in [6, 6.07) is 28.5. The Balaban J connectivity index is 0.000000218. The average molecular weight is 771 g/mol. The zero-order chi connectivity index (χ0) is 40.6. The van der Waals surface area contributed by atoms with Gasteiger partial charge in [-0.1, -0.05) is 36.4 Å². The highest BCUT2D eigenvalue weighted by molar-refractivity contribution is 7.79. The lowest BCUT2D eigenvalue weighted by Gasteiger charge is -2.15. The van der Waals surface area contributed by atoms with E-state index in [-0.39, 0.29) is 10.8 Å². The van der Waals surface area contributed by atoms with Crippen LogP contribution in [0.2, 0.25) is 0 Å². The molecule has 0 aromatic heterocycles. The molecule has 2 aliphatic rings. The van der Waals surface area contributed by atoms with E-state index < -0.39 is 10.4 Å². The summed E-state index contributed by atoms with van der Waals surface area (Å²) in [5, 5.41) is 6.64. The summed E-state index contributed by atoms with van der Waals surface area (Å²) in [4.78, 5) is 0. The Morgan fingerprint density at radius 1 is 0.582 bits per heavy atom. The maximum absolute atomic E-state index is 8.52. The van der Waals surface area contributed by atoms with E-state index in [4.69, 9.17) is 36.5 Å². The Hall–Kier alpha value is -5.63. The number of benzene rings is 4. The third-order valence-electron chi connectivity index (χ3n) is 9.66. The zero-order valence-electron chi connectivity index (χ0n) is 33.0. The summed E-state index contributed by atoms with van der Waals surface area (Å²) in [7, 11) is 5.66. The molecule has 0 bridgehead atoms. The van der Waals surface area contributed by atoms with E-state index in [1.165, 1.54) is 33.9 Å². The Morgan fingerprint density at radius 2 is 0.927 bits per heavy atom. The van der Waals surface area contributed by atoms with Gasteiger partial charge in [-0.2, -0.15) is 9.15 Å². The second kappa shape index (κ2) is 17.7. The van der Waals surface area contributed by atoms with Crippen molar-refractivity contribution >= 4 is 44.6 Å². The topological polar surface area (TPSA) is 147 Å². The second-order valence-corrected chi connectivity index (χ2v) is 14.5. The van der Waals surface area contributed by atoms with Gasteiger partial charge in [0.05, 0.1) is 50.6 Å². The molecular formula is C42H50N4O8S. The first-order chi connectivity index (χ1) is 26.0. The average Bonchev–Trinajstić information content (AvgIpc) is 3.48. The molecule has 12 nitrogen and oxygen atoms in total. The van der Waals surface area contributed by atoms with Crippen LogP contribution in [0.15, 0.2) is 109 Å². The molecule has 4 aromatic carbocycles. The number of anilines is 2. The first-order valence-corrected chi connectivity index (χ1v) is 18.7. The minimum absolute atomic E-state index is 0.0342. The molecule has 2 aliphatic heterocycles. The fourth-order valence-corrected chi connectivity index (χ4v) is 6.86. The lowest BCUT2D eigenvalue weighted by atomic mass is 9.81. The van der Waals surface area contributed by atoms with Crippen LogP contribution in [-0.4, -0.2) is 80.6 Å². The van der Waals surface area contributed by atoms with E-state index in [9.17, 15) is 0 Å². The number of nitrogens with zero attached hydrogens (tertiary/aromatic N) is 2. The normalized spacial score (nSPS) is 15.1. The predicted molar refractivity (Wildman–Crippen MR) is 216 cm³/mol. The van der Waals surface area contributed by atoms with Crippen LogP contribution in [0.1, 0.15) is 38.8 Å². The van der Waals surface area contributed by atoms with Gasteiger partial charge >= 0.3 is 0 Å². The van der Waals surface area contributed by atoms with Crippen LogP contribution in [-0.2, 0) is 21.2 Å². The zero-order valence-corrected chi connectivity index (χ0v) is 33.8. The van der Waals surface area contributed by atoms with Crippen LogP contribution >= 0.6 is 0 Å². The van der Waals surface area contributed by atoms with Gasteiger partial charge in [-0.25, -0.2) is 0 Å². The molecule has 0 unspecified atom stereocenters. The third-order valence-corrected chi connectivity index (χ3v) is 9.66. The molecule has 6 rings (SSSR count). The summed E-state index contributed by atoms with van der Waals surface area (Å²) >= 11 is 0. The van der Waals surface area contributed by atoms with Crippen LogP contribution < -0.4 is 29.6 Å². The van der Waals surface area contributed by atoms with Gasteiger partial charge in [-0.3, -0.25) is 8.42 Å². The summed E-state index contributed by atoms with van der Waals surface area (Å²) in [6.45, 7) is 9.01. The number of para-hydroxylation sites is 2. The van der Waals surface area contributed by atoms with Gasteiger partial charge in [-0.15, -0.1) is 0 Å². The minimum atomic E-state index is -5.17. The molecule has 0 fully saturated rings. The van der Waals surface area contributed by atoms with Gasteiger partial charge in [0, 0.05) is 70.3 Å². The minimum Gasteiger partial charge on any atom is -0.759 e. The number of methoxy groups -OCH3 is 4. The molecule has 55 heavy (non-hydrogen) atoms. The molecule has 0 radical (unpaired) electrons. The van der Waals surface area contributed by atoms with E-state index in [0.29, 0.717) is 0 Å². The highest BCUT2D eigenvalue weighted by Gasteiger charge is 2.43. The number of ether oxygens (including phenoxy) is 4. The quantitative estimate of drug-likeness (QED) is 0.0955. The van der Waals surface area contributed by atoms with Gasteiger partial charge in [0.25, 0.3) is 0 Å². The van der Waals surface area contributed by atoms with Gasteiger partial charge in [-0.05, 0) is 52.0 Å². The monoisotopic (exact) mass is 770 g/mol. The summed E-state index contributed by atoms with van der Waals surface area (Å²) in [5.74, 6) is 3.04. The Morgan fingerprint density at radius 3 is 1.24 bits per heavy atom. The largest absolute Gasteiger partial charge is 0.759 e. The number of hydrogen-bond acceptors (Lipinski definition) is 10. The molecule has 0 saturated carbocycles. The molecule has 4 aromatic rings. The molecule has 0 amide bonds. The van der Waals surface area contributed by atoms with Crippen molar-refractivity contribution in [3.8, 4) is 23.0 Å². The number of rotatable bonds is 10. The van der Waals surface area contributed by atoms with Crippen molar-refractivity contribution in [3.63, 3.8) is 0 Å². The molecule has 0 atom stereocenters. The van der Waals surface area contributed by atoms with Crippen LogP contribution in [0, 0.1) is 0 Å². The van der Waals surface area contributed by atoms with Crippen molar-refractivity contribution in [1.82, 2.24) is 0 Å². The number of fused-ring (bicyclic) bond motifs is 2. The van der Waals surface area contributed by atoms with Crippen molar-refractivity contribution in [3.05, 3.63) is 121 Å². The number of allylic oxidation sites excluding steroid dienone is 2. The van der Waals surface area contributed by atoms with E-state index in [0.717, 1.165) is 34.4 Å². The van der Waals surface area contributed by atoms with Crippen molar-refractivity contribution in [2.24, 2.45) is 0 Å². The number of hydrogen-bond donors (Lipinski definition) is 2. The van der Waals surface area contributed by atoms with E-state index in [1.54, 1.807) is 28.4 Å². The lowest BCUT2D eigenvalue weighted by Crippen LogP contribution is -2.26. The van der Waals surface area contributed by atoms with Gasteiger partial charge < -0.3 is 38.7 Å². The van der Waals surface area contributed by atoms with Crippen molar-refractivity contribution in [1.29, 1.82) is 0 Å². The van der Waals surface area contributed by atoms with E-state index >= 15 is 0 Å². The summed E-state index contributed by atoms with van der Waals surface area (Å²) < 4.78 is 59.9. The SMILES string of the molecule is COc1ccc(N/C=C/C2=[N+](C)c3ccccc3C2(C)C)c(OC)c1.COc1ccc(N/C=C/C2=[N+](C)c3ccccc3C2(C)C)c(OC)c1.O=S(=O)([O-])[O-]. The number of nitrogens with one attached hydrogen (secondary N) is 2. The molecule has 0 spiro atoms. The molecule has 2 N–H and O–H groups in total. The Bertz CT molecular complexity index is 2090. The molecule has 292 valence electrons. The fourth-order valence-electron chi connectivity index (χ4n) is 6.86. The van der Waals surface area contributed by atoms with Gasteiger partial charge in [0.2, 0.25) is 11.4 Å². The molecule has 0 aliphatic carbocycles. The fraction of sp³-hybridized carbons (Fsp3) is 0.286. The molecule has 2 heterocycles. The maximum atomic E-state index is 8.52. The van der Waals surface area contributed by atoms with Gasteiger partial charge in [0.1, 0.15) is 37.1 Å². The highest BCUT2D eigenvalue weighted by atomic mass is 32.3. The molecule has 13 heteroatoms. The first-order valence-electron chi connectivity index (χ1n) is 17.4. The Labute approximate surface area is 324 Å².